The highest BCUT2D eigenvalue weighted by atomic mass is 79.9. The first-order valence-corrected chi connectivity index (χ1v) is 6.70. The van der Waals surface area contributed by atoms with E-state index >= 15 is 0 Å². The molecule has 0 aromatic heterocycles. The van der Waals surface area contributed by atoms with Crippen LogP contribution < -0.4 is 0 Å². The predicted octanol–water partition coefficient (Wildman–Crippen LogP) is 3.58. The molecule has 2 atom stereocenters. The van der Waals surface area contributed by atoms with Gasteiger partial charge in [0.2, 0.25) is 0 Å². The number of hydrogen-bond donors (Lipinski definition) is 1. The summed E-state index contributed by atoms with van der Waals surface area (Å²) in [6.45, 7) is 0.827. The third-order valence-corrected chi connectivity index (χ3v) is 3.76. The molecule has 0 saturated carbocycles. The second-order valence-electron chi connectivity index (χ2n) is 4.40. The van der Waals surface area contributed by atoms with Gasteiger partial charge < -0.3 is 9.84 Å². The maximum atomic E-state index is 13.3. The monoisotopic (exact) mass is 302 g/mol. The van der Waals surface area contributed by atoms with Crippen LogP contribution in [0.25, 0.3) is 0 Å². The smallest absolute Gasteiger partial charge is 0.137 e. The van der Waals surface area contributed by atoms with Crippen LogP contribution in [0.2, 0.25) is 0 Å². The number of rotatable bonds is 4. The molecule has 2 unspecified atom stereocenters. The van der Waals surface area contributed by atoms with E-state index in [-0.39, 0.29) is 11.9 Å². The van der Waals surface area contributed by atoms with E-state index < -0.39 is 6.10 Å². The molecule has 0 amide bonds. The zero-order valence-corrected chi connectivity index (χ0v) is 11.1. The van der Waals surface area contributed by atoms with Crippen molar-refractivity contribution in [1.82, 2.24) is 0 Å². The van der Waals surface area contributed by atoms with Crippen molar-refractivity contribution in [2.45, 2.75) is 37.9 Å². The summed E-state index contributed by atoms with van der Waals surface area (Å²) in [4.78, 5) is 0. The molecule has 1 aromatic carbocycles. The molecule has 1 heterocycles. The average Bonchev–Trinajstić information content (AvgIpc) is 2.82. The third-order valence-electron chi connectivity index (χ3n) is 3.11. The van der Waals surface area contributed by atoms with E-state index in [1.165, 1.54) is 6.07 Å². The molecule has 94 valence electrons. The highest BCUT2D eigenvalue weighted by molar-refractivity contribution is 9.10. The van der Waals surface area contributed by atoms with Crippen LogP contribution >= 0.6 is 15.9 Å². The van der Waals surface area contributed by atoms with Crippen molar-refractivity contribution < 1.29 is 14.2 Å². The van der Waals surface area contributed by atoms with Gasteiger partial charge in [0.1, 0.15) is 5.82 Å². The first-order chi connectivity index (χ1) is 8.16. The summed E-state index contributed by atoms with van der Waals surface area (Å²) in [7, 11) is 0. The molecule has 1 saturated heterocycles. The van der Waals surface area contributed by atoms with Gasteiger partial charge in [-0.1, -0.05) is 6.07 Å². The Kier molecular flexibility index (Phi) is 4.54. The van der Waals surface area contributed by atoms with Crippen LogP contribution in [0.5, 0.6) is 0 Å². The minimum absolute atomic E-state index is 0.268. The predicted molar refractivity (Wildman–Crippen MR) is 67.3 cm³/mol. The van der Waals surface area contributed by atoms with Gasteiger partial charge in [0, 0.05) is 6.61 Å². The Bertz CT molecular complexity index is 378. The van der Waals surface area contributed by atoms with Gasteiger partial charge in [0.15, 0.2) is 0 Å². The minimum atomic E-state index is -0.609. The summed E-state index contributed by atoms with van der Waals surface area (Å²) < 4.78 is 19.2. The van der Waals surface area contributed by atoms with Crippen LogP contribution in [0.4, 0.5) is 4.39 Å². The number of aliphatic hydroxyl groups excluding tert-OH is 1. The molecular weight excluding hydrogens is 287 g/mol. The minimum Gasteiger partial charge on any atom is -0.388 e. The zero-order valence-electron chi connectivity index (χ0n) is 9.53. The van der Waals surface area contributed by atoms with Gasteiger partial charge in [-0.05, 0) is 59.3 Å². The Hall–Kier alpha value is -0.450. The first-order valence-electron chi connectivity index (χ1n) is 5.91. The van der Waals surface area contributed by atoms with Crippen molar-refractivity contribution in [2.24, 2.45) is 0 Å². The third kappa shape index (κ3) is 3.50. The Morgan fingerprint density at radius 1 is 1.53 bits per heavy atom. The molecule has 2 rings (SSSR count). The number of halogens is 2. The van der Waals surface area contributed by atoms with E-state index in [4.69, 9.17) is 4.74 Å². The number of benzene rings is 1. The fourth-order valence-corrected chi connectivity index (χ4v) is 2.35. The van der Waals surface area contributed by atoms with Crippen molar-refractivity contribution >= 4 is 15.9 Å². The summed E-state index contributed by atoms with van der Waals surface area (Å²) in [5.74, 6) is -0.335. The lowest BCUT2D eigenvalue weighted by Gasteiger charge is -2.14. The van der Waals surface area contributed by atoms with E-state index in [0.29, 0.717) is 16.5 Å². The van der Waals surface area contributed by atoms with Crippen molar-refractivity contribution in [3.63, 3.8) is 0 Å². The first kappa shape index (κ1) is 13.0. The van der Waals surface area contributed by atoms with Crippen molar-refractivity contribution in [2.75, 3.05) is 6.61 Å². The lowest BCUT2D eigenvalue weighted by atomic mass is 10.0. The molecule has 0 radical (unpaired) electrons. The topological polar surface area (TPSA) is 29.5 Å². The molecule has 1 aromatic rings. The van der Waals surface area contributed by atoms with E-state index in [2.05, 4.69) is 15.9 Å². The van der Waals surface area contributed by atoms with Gasteiger partial charge in [0.25, 0.3) is 0 Å². The lowest BCUT2D eigenvalue weighted by molar-refractivity contribution is 0.0811. The van der Waals surface area contributed by atoms with Gasteiger partial charge in [-0.25, -0.2) is 4.39 Å². The maximum absolute atomic E-state index is 13.3. The van der Waals surface area contributed by atoms with Crippen LogP contribution in [0.3, 0.4) is 0 Å². The number of aliphatic hydroxyl groups is 1. The summed E-state index contributed by atoms with van der Waals surface area (Å²) in [6, 6.07) is 4.75. The van der Waals surface area contributed by atoms with Gasteiger partial charge in [0.05, 0.1) is 16.7 Å². The largest absolute Gasteiger partial charge is 0.388 e. The van der Waals surface area contributed by atoms with Crippen LogP contribution in [0.1, 0.15) is 37.4 Å². The molecule has 0 spiro atoms. The average molecular weight is 303 g/mol. The fraction of sp³-hybridized carbons (Fsp3) is 0.538. The van der Waals surface area contributed by atoms with Crippen LogP contribution in [0, 0.1) is 5.82 Å². The lowest BCUT2D eigenvalue weighted by Crippen LogP contribution is -2.08. The van der Waals surface area contributed by atoms with Crippen LogP contribution in [-0.2, 0) is 4.74 Å². The standard InChI is InChI=1S/C13H16BrFO2/c14-11-5-3-9(8-12(11)15)13(16)6-4-10-2-1-7-17-10/h3,5,8,10,13,16H,1-2,4,6-7H2. The Labute approximate surface area is 109 Å². The van der Waals surface area contributed by atoms with Gasteiger partial charge >= 0.3 is 0 Å². The van der Waals surface area contributed by atoms with Crippen molar-refractivity contribution in [3.05, 3.63) is 34.1 Å². The van der Waals surface area contributed by atoms with Gasteiger partial charge in [-0.3, -0.25) is 0 Å². The van der Waals surface area contributed by atoms with E-state index in [1.807, 2.05) is 0 Å². The highest BCUT2D eigenvalue weighted by Crippen LogP contribution is 2.26. The van der Waals surface area contributed by atoms with Crippen LogP contribution in [-0.4, -0.2) is 17.8 Å². The normalized spacial score (nSPS) is 21.7. The zero-order chi connectivity index (χ0) is 12.3. The molecule has 4 heteroatoms. The molecule has 1 N–H and O–H groups in total. The molecule has 17 heavy (non-hydrogen) atoms. The Balaban J connectivity index is 1.89. The Morgan fingerprint density at radius 3 is 3.00 bits per heavy atom. The molecule has 1 fully saturated rings. The summed E-state index contributed by atoms with van der Waals surface area (Å²) in [5, 5.41) is 9.96. The molecular formula is C13H16BrFO2. The SMILES string of the molecule is OC(CCC1CCCO1)c1ccc(Br)c(F)c1. The molecule has 1 aliphatic heterocycles. The summed E-state index contributed by atoms with van der Waals surface area (Å²) in [5.41, 5.74) is 0.628. The van der Waals surface area contributed by atoms with Crippen molar-refractivity contribution in [1.29, 1.82) is 0 Å². The molecule has 1 aliphatic rings. The number of ether oxygens (including phenoxy) is 1. The second kappa shape index (κ2) is 5.94. The molecule has 0 aliphatic carbocycles. The van der Waals surface area contributed by atoms with Crippen molar-refractivity contribution in [3.8, 4) is 0 Å². The second-order valence-corrected chi connectivity index (χ2v) is 5.26. The quantitative estimate of drug-likeness (QED) is 0.921. The maximum Gasteiger partial charge on any atom is 0.137 e. The van der Waals surface area contributed by atoms with Gasteiger partial charge in [-0.15, -0.1) is 0 Å². The fourth-order valence-electron chi connectivity index (χ4n) is 2.10. The van der Waals surface area contributed by atoms with E-state index in [9.17, 15) is 9.50 Å². The van der Waals surface area contributed by atoms with E-state index in [0.717, 1.165) is 25.9 Å². The highest BCUT2D eigenvalue weighted by Gasteiger charge is 2.18. The molecule has 0 bridgehead atoms. The van der Waals surface area contributed by atoms with Gasteiger partial charge in [-0.2, -0.15) is 0 Å². The van der Waals surface area contributed by atoms with E-state index in [1.54, 1.807) is 12.1 Å². The Morgan fingerprint density at radius 2 is 2.35 bits per heavy atom. The number of hydrogen-bond acceptors (Lipinski definition) is 2. The van der Waals surface area contributed by atoms with Crippen LogP contribution in [0.15, 0.2) is 22.7 Å². The molecule has 2 nitrogen and oxygen atoms in total. The summed E-state index contributed by atoms with van der Waals surface area (Å²) in [6.07, 6.45) is 3.28. The summed E-state index contributed by atoms with van der Waals surface area (Å²) >= 11 is 3.09.